The predicted molar refractivity (Wildman–Crippen MR) is 101 cm³/mol. The summed E-state index contributed by atoms with van der Waals surface area (Å²) < 4.78 is 27.9. The van der Waals surface area contributed by atoms with Crippen LogP contribution >= 0.6 is 0 Å². The van der Waals surface area contributed by atoms with Crippen molar-refractivity contribution in [3.05, 3.63) is 47.0 Å². The number of carbonyl (C=O) groups excluding carboxylic acids is 1. The number of carbonyl (C=O) groups is 1. The minimum Gasteiger partial charge on any atom is -0.294 e. The number of allylic oxidation sites excluding steroid dienone is 2. The molecule has 0 heterocycles. The van der Waals surface area contributed by atoms with Gasteiger partial charge in [-0.1, -0.05) is 18.2 Å². The molecule has 1 aromatic rings. The van der Waals surface area contributed by atoms with Crippen molar-refractivity contribution in [2.45, 2.75) is 65.2 Å². The van der Waals surface area contributed by atoms with Gasteiger partial charge in [-0.2, -0.15) is 0 Å². The van der Waals surface area contributed by atoms with Crippen LogP contribution in [-0.4, -0.2) is 5.78 Å². The summed E-state index contributed by atoms with van der Waals surface area (Å²) in [6, 6.07) is 2.95. The highest BCUT2D eigenvalue weighted by atomic mass is 19.2. The quantitative estimate of drug-likeness (QED) is 0.434. The Labute approximate surface area is 155 Å². The van der Waals surface area contributed by atoms with Gasteiger partial charge in [0.15, 0.2) is 17.4 Å². The third kappa shape index (κ3) is 4.07. The molecule has 2 fully saturated rings. The van der Waals surface area contributed by atoms with Crippen molar-refractivity contribution in [3.8, 4) is 0 Å². The summed E-state index contributed by atoms with van der Waals surface area (Å²) in [5, 5.41) is 0. The molecule has 1 aromatic carbocycles. The molecule has 2 saturated carbocycles. The molecular formula is C23H30F2O. The first-order valence-corrected chi connectivity index (χ1v) is 10.1. The number of hydrogen-bond acceptors (Lipinski definition) is 1. The first-order chi connectivity index (χ1) is 12.5. The van der Waals surface area contributed by atoms with Crippen molar-refractivity contribution in [3.63, 3.8) is 0 Å². The van der Waals surface area contributed by atoms with E-state index in [-0.39, 0.29) is 22.8 Å². The van der Waals surface area contributed by atoms with E-state index in [1.165, 1.54) is 44.7 Å². The van der Waals surface area contributed by atoms with Crippen molar-refractivity contribution in [1.29, 1.82) is 0 Å². The molecule has 2 aliphatic rings. The lowest BCUT2D eigenvalue weighted by Gasteiger charge is -2.37. The van der Waals surface area contributed by atoms with Gasteiger partial charge >= 0.3 is 0 Å². The third-order valence-corrected chi connectivity index (χ3v) is 6.63. The predicted octanol–water partition coefficient (Wildman–Crippen LogP) is 6.64. The fraction of sp³-hybridized carbons (Fsp3) is 0.609. The van der Waals surface area contributed by atoms with Gasteiger partial charge in [-0.15, -0.1) is 0 Å². The highest BCUT2D eigenvalue weighted by Gasteiger charge is 2.33. The van der Waals surface area contributed by atoms with E-state index in [1.807, 2.05) is 0 Å². The van der Waals surface area contributed by atoms with E-state index in [0.29, 0.717) is 5.92 Å². The molecule has 0 amide bonds. The van der Waals surface area contributed by atoms with Crippen LogP contribution in [-0.2, 0) is 0 Å². The highest BCUT2D eigenvalue weighted by Crippen LogP contribution is 2.42. The number of rotatable bonds is 4. The van der Waals surface area contributed by atoms with Crippen molar-refractivity contribution in [2.75, 3.05) is 0 Å². The summed E-state index contributed by atoms with van der Waals surface area (Å²) in [5.74, 6) is 0.000562. The standard InChI is InChI=1S/C23H30F2O/c1-3-4-16-6-8-17(9-7-16)18-10-12-19(13-11-18)23(26)20-14-5-15(2)21(24)22(20)25/h3-5,14,16-19H,6-13H2,1-2H3/b4-3+. The number of Topliss-reactive ketones (excluding diaryl/α,β-unsaturated/α-hetero) is 1. The molecule has 26 heavy (non-hydrogen) atoms. The molecule has 1 nitrogen and oxygen atoms in total. The van der Waals surface area contributed by atoms with Gasteiger partial charge in [0, 0.05) is 5.92 Å². The maximum Gasteiger partial charge on any atom is 0.169 e. The van der Waals surface area contributed by atoms with E-state index in [1.54, 1.807) is 0 Å². The van der Waals surface area contributed by atoms with Crippen LogP contribution < -0.4 is 0 Å². The first kappa shape index (κ1) is 19.3. The van der Waals surface area contributed by atoms with Gasteiger partial charge < -0.3 is 0 Å². The molecule has 0 spiro atoms. The number of aryl methyl sites for hydroxylation is 1. The van der Waals surface area contributed by atoms with Crippen LogP contribution in [0, 0.1) is 42.2 Å². The van der Waals surface area contributed by atoms with E-state index in [0.717, 1.165) is 37.5 Å². The van der Waals surface area contributed by atoms with Crippen LogP contribution in [0.3, 0.4) is 0 Å². The second-order valence-corrected chi connectivity index (χ2v) is 8.23. The zero-order valence-corrected chi connectivity index (χ0v) is 15.9. The number of halogens is 2. The Morgan fingerprint density at radius 1 is 0.923 bits per heavy atom. The average Bonchev–Trinajstić information content (AvgIpc) is 2.67. The van der Waals surface area contributed by atoms with E-state index in [4.69, 9.17) is 0 Å². The van der Waals surface area contributed by atoms with Crippen LogP contribution in [0.2, 0.25) is 0 Å². The Bertz CT molecular complexity index is 663. The minimum absolute atomic E-state index is 0.0663. The zero-order valence-electron chi connectivity index (χ0n) is 15.9. The topological polar surface area (TPSA) is 17.1 Å². The highest BCUT2D eigenvalue weighted by molar-refractivity contribution is 5.98. The maximum atomic E-state index is 14.1. The molecule has 0 bridgehead atoms. The Kier molecular flexibility index (Phi) is 6.26. The molecule has 0 aromatic heterocycles. The van der Waals surface area contributed by atoms with Crippen LogP contribution in [0.1, 0.15) is 74.2 Å². The van der Waals surface area contributed by atoms with Crippen molar-refractivity contribution in [1.82, 2.24) is 0 Å². The van der Waals surface area contributed by atoms with Crippen LogP contribution in [0.5, 0.6) is 0 Å². The second kappa shape index (κ2) is 8.45. The van der Waals surface area contributed by atoms with Gasteiger partial charge in [0.05, 0.1) is 5.56 Å². The Morgan fingerprint density at radius 3 is 2.08 bits per heavy atom. The van der Waals surface area contributed by atoms with E-state index >= 15 is 0 Å². The lowest BCUT2D eigenvalue weighted by Crippen LogP contribution is -2.28. The third-order valence-electron chi connectivity index (χ3n) is 6.63. The maximum absolute atomic E-state index is 14.1. The normalized spacial score (nSPS) is 29.8. The van der Waals surface area contributed by atoms with Crippen LogP contribution in [0.15, 0.2) is 24.3 Å². The fourth-order valence-corrected chi connectivity index (χ4v) is 4.99. The van der Waals surface area contributed by atoms with Crippen LogP contribution in [0.4, 0.5) is 8.78 Å². The molecule has 0 radical (unpaired) electrons. The molecule has 0 N–H and O–H groups in total. The lowest BCUT2D eigenvalue weighted by molar-refractivity contribution is 0.0829. The van der Waals surface area contributed by atoms with Crippen LogP contribution in [0.25, 0.3) is 0 Å². The summed E-state index contributed by atoms with van der Waals surface area (Å²) in [7, 11) is 0. The Morgan fingerprint density at radius 2 is 1.50 bits per heavy atom. The molecule has 0 atom stereocenters. The summed E-state index contributed by atoms with van der Waals surface area (Å²) >= 11 is 0. The minimum atomic E-state index is -0.973. The molecule has 0 saturated heterocycles. The van der Waals surface area contributed by atoms with E-state index in [9.17, 15) is 13.6 Å². The van der Waals surface area contributed by atoms with E-state index < -0.39 is 11.6 Å². The van der Waals surface area contributed by atoms with Gasteiger partial charge in [0.2, 0.25) is 0 Å². The first-order valence-electron chi connectivity index (χ1n) is 10.1. The summed E-state index contributed by atoms with van der Waals surface area (Å²) in [4.78, 5) is 12.7. The largest absolute Gasteiger partial charge is 0.294 e. The number of ketones is 1. The molecular weight excluding hydrogens is 330 g/mol. The van der Waals surface area contributed by atoms with Gasteiger partial charge in [-0.25, -0.2) is 8.78 Å². The van der Waals surface area contributed by atoms with Gasteiger partial charge in [0.1, 0.15) is 0 Å². The summed E-state index contributed by atoms with van der Waals surface area (Å²) in [6.07, 6.45) is 13.3. The smallest absolute Gasteiger partial charge is 0.169 e. The van der Waals surface area contributed by atoms with Gasteiger partial charge in [-0.05, 0) is 94.6 Å². The zero-order chi connectivity index (χ0) is 18.7. The number of benzene rings is 1. The molecule has 0 unspecified atom stereocenters. The summed E-state index contributed by atoms with van der Waals surface area (Å²) in [6.45, 7) is 3.61. The van der Waals surface area contributed by atoms with Crippen molar-refractivity contribution in [2.24, 2.45) is 23.7 Å². The number of hydrogen-bond donors (Lipinski definition) is 0. The molecule has 3 rings (SSSR count). The SMILES string of the molecule is C/C=C/C1CCC(C2CCC(C(=O)c3ccc(C)c(F)c3F)CC2)CC1. The van der Waals surface area contributed by atoms with E-state index in [2.05, 4.69) is 19.1 Å². The van der Waals surface area contributed by atoms with Gasteiger partial charge in [0.25, 0.3) is 0 Å². The van der Waals surface area contributed by atoms with Crippen molar-refractivity contribution < 1.29 is 13.6 Å². The lowest BCUT2D eigenvalue weighted by atomic mass is 9.68. The molecule has 0 aliphatic heterocycles. The van der Waals surface area contributed by atoms with Gasteiger partial charge in [-0.3, -0.25) is 4.79 Å². The molecule has 2 aliphatic carbocycles. The molecule has 142 valence electrons. The second-order valence-electron chi connectivity index (χ2n) is 8.23. The molecule has 3 heteroatoms. The Hall–Kier alpha value is -1.51. The van der Waals surface area contributed by atoms with Crippen molar-refractivity contribution >= 4 is 5.78 Å². The fourth-order valence-electron chi connectivity index (χ4n) is 4.99. The monoisotopic (exact) mass is 360 g/mol. The summed E-state index contributed by atoms with van der Waals surface area (Å²) in [5.41, 5.74) is 0.180. The Balaban J connectivity index is 1.56. The average molecular weight is 360 g/mol.